The van der Waals surface area contributed by atoms with Crippen molar-refractivity contribution in [1.82, 2.24) is 10.2 Å². The van der Waals surface area contributed by atoms with Crippen LogP contribution in [0.15, 0.2) is 17.5 Å². The molecule has 0 saturated carbocycles. The molecule has 0 spiro atoms. The van der Waals surface area contributed by atoms with Crippen LogP contribution in [0.3, 0.4) is 0 Å². The van der Waals surface area contributed by atoms with E-state index in [-0.39, 0.29) is 18.3 Å². The average molecular weight is 331 g/mol. The van der Waals surface area contributed by atoms with Crippen molar-refractivity contribution in [2.45, 2.75) is 37.8 Å². The molecule has 4 nitrogen and oxygen atoms in total. The van der Waals surface area contributed by atoms with Crippen LogP contribution in [0.25, 0.3) is 0 Å². The largest absolute Gasteiger partial charge is 0.377 e. The highest BCUT2D eigenvalue weighted by Crippen LogP contribution is 2.34. The van der Waals surface area contributed by atoms with Gasteiger partial charge in [-0.2, -0.15) is 0 Å². The Kier molecular flexibility index (Phi) is 6.48. The molecule has 0 aliphatic carbocycles. The Morgan fingerprint density at radius 1 is 1.43 bits per heavy atom. The summed E-state index contributed by atoms with van der Waals surface area (Å²) in [6.07, 6.45) is 4.77. The average Bonchev–Trinajstić information content (AvgIpc) is 3.19. The number of halogens is 1. The molecule has 3 rings (SSSR count). The van der Waals surface area contributed by atoms with Crippen LogP contribution < -0.4 is 5.32 Å². The number of amides is 1. The fourth-order valence-corrected chi connectivity index (χ4v) is 3.96. The molecule has 2 aliphatic heterocycles. The molecule has 1 aromatic heterocycles. The second-order valence-electron chi connectivity index (χ2n) is 5.53. The summed E-state index contributed by atoms with van der Waals surface area (Å²) in [5.74, 6) is 0.221. The van der Waals surface area contributed by atoms with Crippen molar-refractivity contribution in [2.75, 3.05) is 26.2 Å². The van der Waals surface area contributed by atoms with Gasteiger partial charge in [-0.15, -0.1) is 23.7 Å². The van der Waals surface area contributed by atoms with Gasteiger partial charge in [-0.3, -0.25) is 4.79 Å². The van der Waals surface area contributed by atoms with E-state index in [0.29, 0.717) is 18.7 Å². The van der Waals surface area contributed by atoms with Gasteiger partial charge < -0.3 is 15.0 Å². The first-order chi connectivity index (χ1) is 9.84. The summed E-state index contributed by atoms with van der Waals surface area (Å²) in [6, 6.07) is 4.50. The maximum atomic E-state index is 12.4. The molecule has 6 heteroatoms. The molecule has 2 fully saturated rings. The summed E-state index contributed by atoms with van der Waals surface area (Å²) in [5, 5.41) is 5.35. The van der Waals surface area contributed by atoms with Gasteiger partial charge in [0.05, 0.1) is 18.7 Å². The summed E-state index contributed by atoms with van der Waals surface area (Å²) in [7, 11) is 0. The van der Waals surface area contributed by atoms with Gasteiger partial charge in [0.15, 0.2) is 0 Å². The number of ether oxygens (including phenoxy) is 1. The molecule has 118 valence electrons. The van der Waals surface area contributed by atoms with Crippen molar-refractivity contribution in [1.29, 1.82) is 0 Å². The fraction of sp³-hybridized carbons (Fsp3) is 0.667. The molecule has 1 aromatic rings. The van der Waals surface area contributed by atoms with Gasteiger partial charge in [0.1, 0.15) is 0 Å². The Balaban J connectivity index is 0.00000161. The van der Waals surface area contributed by atoms with Crippen LogP contribution >= 0.6 is 23.7 Å². The number of carbonyl (C=O) groups excluding carboxylic acids is 1. The van der Waals surface area contributed by atoms with Crippen LogP contribution in [0.2, 0.25) is 0 Å². The van der Waals surface area contributed by atoms with Gasteiger partial charge in [0, 0.05) is 24.6 Å². The minimum atomic E-state index is 0. The molecule has 2 aliphatic rings. The van der Waals surface area contributed by atoms with E-state index in [4.69, 9.17) is 4.74 Å². The second-order valence-corrected chi connectivity index (χ2v) is 6.51. The van der Waals surface area contributed by atoms with Crippen molar-refractivity contribution < 1.29 is 9.53 Å². The van der Waals surface area contributed by atoms with E-state index in [1.807, 2.05) is 4.90 Å². The number of rotatable bonds is 5. The first-order valence-corrected chi connectivity index (χ1v) is 8.38. The fourth-order valence-electron chi connectivity index (χ4n) is 3.09. The van der Waals surface area contributed by atoms with Gasteiger partial charge in [0.2, 0.25) is 5.91 Å². The molecule has 2 unspecified atom stereocenters. The Bertz CT molecular complexity index is 435. The number of nitrogens with zero attached hydrogens (tertiary/aromatic N) is 1. The van der Waals surface area contributed by atoms with E-state index >= 15 is 0 Å². The monoisotopic (exact) mass is 330 g/mol. The summed E-state index contributed by atoms with van der Waals surface area (Å²) in [5.41, 5.74) is 0. The van der Waals surface area contributed by atoms with E-state index in [1.54, 1.807) is 11.3 Å². The van der Waals surface area contributed by atoms with Crippen LogP contribution in [-0.4, -0.2) is 43.2 Å². The molecule has 1 amide bonds. The van der Waals surface area contributed by atoms with Gasteiger partial charge in [-0.05, 0) is 37.1 Å². The number of likely N-dealkylation sites (tertiary alicyclic amines) is 1. The number of thiophene rings is 1. The van der Waals surface area contributed by atoms with Gasteiger partial charge in [-0.25, -0.2) is 0 Å². The third-order valence-electron chi connectivity index (χ3n) is 4.12. The standard InChI is InChI=1S/C15H22N2O2S.ClH/c18-15(11-16-10-12-4-2-8-19-12)17-7-1-5-13(17)14-6-3-9-20-14;/h3,6,9,12-13,16H,1-2,4-5,7-8,10-11H2;1H. The first-order valence-electron chi connectivity index (χ1n) is 7.50. The molecule has 0 bridgehead atoms. The summed E-state index contributed by atoms with van der Waals surface area (Å²) in [6.45, 7) is 2.99. The van der Waals surface area contributed by atoms with Crippen molar-refractivity contribution in [3.63, 3.8) is 0 Å². The molecule has 21 heavy (non-hydrogen) atoms. The van der Waals surface area contributed by atoms with E-state index in [9.17, 15) is 4.79 Å². The van der Waals surface area contributed by atoms with Crippen LogP contribution in [0.5, 0.6) is 0 Å². The van der Waals surface area contributed by atoms with Gasteiger partial charge >= 0.3 is 0 Å². The normalized spacial score (nSPS) is 25.0. The predicted molar refractivity (Wildman–Crippen MR) is 87.1 cm³/mol. The Labute approximate surface area is 136 Å². The van der Waals surface area contributed by atoms with Crippen molar-refractivity contribution >= 4 is 29.7 Å². The van der Waals surface area contributed by atoms with E-state index < -0.39 is 0 Å². The lowest BCUT2D eigenvalue weighted by Gasteiger charge is -2.24. The van der Waals surface area contributed by atoms with E-state index in [1.165, 1.54) is 4.88 Å². The Morgan fingerprint density at radius 3 is 3.05 bits per heavy atom. The first kappa shape index (κ1) is 16.7. The molecule has 1 N–H and O–H groups in total. The van der Waals surface area contributed by atoms with Gasteiger partial charge in [0.25, 0.3) is 0 Å². The highest BCUT2D eigenvalue weighted by atomic mass is 35.5. The number of hydrogen-bond acceptors (Lipinski definition) is 4. The van der Waals surface area contributed by atoms with Gasteiger partial charge in [-0.1, -0.05) is 6.07 Å². The lowest BCUT2D eigenvalue weighted by Crippen LogP contribution is -2.39. The quantitative estimate of drug-likeness (QED) is 0.902. The SMILES string of the molecule is Cl.O=C(CNCC1CCCO1)N1CCCC1c1cccs1. The summed E-state index contributed by atoms with van der Waals surface area (Å²) < 4.78 is 5.55. The zero-order chi connectivity index (χ0) is 13.8. The zero-order valence-corrected chi connectivity index (χ0v) is 13.8. The minimum absolute atomic E-state index is 0. The molecular weight excluding hydrogens is 308 g/mol. The zero-order valence-electron chi connectivity index (χ0n) is 12.1. The van der Waals surface area contributed by atoms with Crippen LogP contribution in [0.4, 0.5) is 0 Å². The lowest BCUT2D eigenvalue weighted by molar-refractivity contribution is -0.131. The summed E-state index contributed by atoms with van der Waals surface area (Å²) in [4.78, 5) is 15.7. The van der Waals surface area contributed by atoms with Crippen LogP contribution in [0, 0.1) is 0 Å². The third-order valence-corrected chi connectivity index (χ3v) is 5.09. The van der Waals surface area contributed by atoms with Crippen LogP contribution in [-0.2, 0) is 9.53 Å². The molecule has 3 heterocycles. The minimum Gasteiger partial charge on any atom is -0.377 e. The smallest absolute Gasteiger partial charge is 0.237 e. The molecule has 0 aromatic carbocycles. The number of hydrogen-bond donors (Lipinski definition) is 1. The highest BCUT2D eigenvalue weighted by Gasteiger charge is 2.30. The van der Waals surface area contributed by atoms with E-state index in [2.05, 4.69) is 22.8 Å². The third kappa shape index (κ3) is 4.19. The molecule has 2 saturated heterocycles. The summed E-state index contributed by atoms with van der Waals surface area (Å²) >= 11 is 1.75. The maximum Gasteiger partial charge on any atom is 0.237 e. The highest BCUT2D eigenvalue weighted by molar-refractivity contribution is 7.10. The number of carbonyl (C=O) groups is 1. The maximum absolute atomic E-state index is 12.4. The second kappa shape index (κ2) is 8.13. The topological polar surface area (TPSA) is 41.6 Å². The van der Waals surface area contributed by atoms with Crippen molar-refractivity contribution in [3.8, 4) is 0 Å². The molecule has 0 radical (unpaired) electrons. The van der Waals surface area contributed by atoms with E-state index in [0.717, 1.165) is 45.4 Å². The Hall–Kier alpha value is -0.620. The van der Waals surface area contributed by atoms with Crippen molar-refractivity contribution in [3.05, 3.63) is 22.4 Å². The molecular formula is C15H23ClN2O2S. The Morgan fingerprint density at radius 2 is 2.33 bits per heavy atom. The predicted octanol–water partition coefficient (Wildman–Crippen LogP) is 2.60. The number of nitrogens with one attached hydrogen (secondary N) is 1. The lowest BCUT2D eigenvalue weighted by atomic mass is 10.2. The molecule has 2 atom stereocenters. The van der Waals surface area contributed by atoms with Crippen molar-refractivity contribution in [2.24, 2.45) is 0 Å². The van der Waals surface area contributed by atoms with Crippen LogP contribution in [0.1, 0.15) is 36.6 Å².